The molecule has 0 saturated heterocycles. The highest BCUT2D eigenvalue weighted by Gasteiger charge is 2.22. The summed E-state index contributed by atoms with van der Waals surface area (Å²) in [6.07, 6.45) is 2.50. The van der Waals surface area contributed by atoms with Gasteiger partial charge in [0.2, 0.25) is 17.3 Å². The van der Waals surface area contributed by atoms with Gasteiger partial charge in [0, 0.05) is 69.4 Å². The molecule has 0 atom stereocenters. The van der Waals surface area contributed by atoms with Gasteiger partial charge in [-0.25, -0.2) is 28.8 Å². The van der Waals surface area contributed by atoms with E-state index < -0.39 is 35.8 Å². The van der Waals surface area contributed by atoms with Crippen molar-refractivity contribution >= 4 is 139 Å². The summed E-state index contributed by atoms with van der Waals surface area (Å²) >= 11 is 8.03. The Balaban J connectivity index is 0.000000188. The molecule has 0 heterocycles. The van der Waals surface area contributed by atoms with Gasteiger partial charge in [0.1, 0.15) is 11.5 Å². The standard InChI is InChI=1S/C23H18BrNO3S.C22H17NO3S.C20H19NO3S.C17H17NO2.C16H15NO3.C15H13NO2/c24-16-15-21(26)28-25-22(17-7-3-1-4-8-17)23(27)18-11-13-20(14-12-18)29-19-9-5-2-6-10-19;1-16(24)26-23-21(17-8-4-2-5-9-17)22(25)18-12-14-20(15-13-18)27-19-10-6-3-7-11-19;1-3-4-10-19(22)24-21-15(2)20(23)16-11-13-18(14-12-16)25-17-8-6-5-7-9-17;1-13(2)16(14-9-5-3-6-10-14)18-20-17(19)15-11-7-4-8-12-15;1-12(13-8-10-15(19-2)11-9-13)17-20-16(18)14-6-4-3-5-7-14;1-12(13-8-4-2-5-9-13)16-18-15(17)14-10-6-3-7-11-14/h1-14H,15-16H2;2-15H,1H3;3,5-9,11-14H,1,4,10H2,2H3;3-13H,1-2H3;3-11H,1-2H3;2-11H,1H3/b25-22+;23-21+;21-15+;18-16+;17-12+;16-12+. The van der Waals surface area contributed by atoms with Crippen LogP contribution in [-0.4, -0.2) is 99.9 Å². The third-order valence-electron chi connectivity index (χ3n) is 18.9. The van der Waals surface area contributed by atoms with E-state index in [4.69, 9.17) is 33.8 Å². The predicted molar refractivity (Wildman–Crippen MR) is 552 cm³/mol. The Morgan fingerprint density at radius 2 is 0.568 bits per heavy atom. The number of carbonyl (C=O) groups excluding carboxylic acids is 9. The first-order valence-corrected chi connectivity index (χ1v) is 47.0. The maximum Gasteiger partial charge on any atom is 0.365 e. The number of oxime groups is 6. The van der Waals surface area contributed by atoms with E-state index in [0.29, 0.717) is 67.7 Å². The van der Waals surface area contributed by atoms with Crippen LogP contribution in [0.5, 0.6) is 5.75 Å². The molecule has 0 aliphatic heterocycles. The van der Waals surface area contributed by atoms with Crippen molar-refractivity contribution in [3.05, 3.63) is 474 Å². The fourth-order valence-electron chi connectivity index (χ4n) is 11.7. The number of ether oxygens (including phenoxy) is 1. The van der Waals surface area contributed by atoms with E-state index in [9.17, 15) is 43.2 Å². The van der Waals surface area contributed by atoms with Gasteiger partial charge in [0.25, 0.3) is 0 Å². The van der Waals surface area contributed by atoms with Crippen LogP contribution in [0.2, 0.25) is 0 Å². The van der Waals surface area contributed by atoms with Crippen LogP contribution in [0, 0.1) is 5.92 Å². The lowest BCUT2D eigenvalue weighted by Crippen LogP contribution is -2.17. The second kappa shape index (κ2) is 59.7. The van der Waals surface area contributed by atoms with Gasteiger partial charge in [-0.15, -0.1) is 6.58 Å². The average molecular weight is 1970 g/mol. The van der Waals surface area contributed by atoms with Crippen LogP contribution < -0.4 is 4.74 Å². The van der Waals surface area contributed by atoms with Crippen LogP contribution >= 0.6 is 51.2 Å². The molecule has 14 aromatic carbocycles. The van der Waals surface area contributed by atoms with Gasteiger partial charge in [-0.3, -0.25) is 14.4 Å². The molecule has 0 amide bonds. The number of methoxy groups -OCH3 is 1. The van der Waals surface area contributed by atoms with E-state index in [1.54, 1.807) is 220 Å². The summed E-state index contributed by atoms with van der Waals surface area (Å²) in [7, 11) is 1.61. The quantitative estimate of drug-likeness (QED) is 0.00922. The maximum atomic E-state index is 13.0. The van der Waals surface area contributed by atoms with E-state index in [0.717, 1.165) is 57.5 Å². The lowest BCUT2D eigenvalue weighted by atomic mass is 10.0. The smallest absolute Gasteiger partial charge is 0.365 e. The van der Waals surface area contributed by atoms with Gasteiger partial charge in [0.15, 0.2) is 11.4 Å². The number of halogens is 1. The molecule has 0 N–H and O–H groups in total. The topological polar surface area (TPSA) is 292 Å². The molecule has 0 aliphatic rings. The van der Waals surface area contributed by atoms with E-state index in [1.807, 2.05) is 257 Å². The molecular formula is C113H99BrN6O16S3. The number of Topliss-reactive ketones (excluding diaryl/α,β-unsaturated/α-hetero) is 3. The largest absolute Gasteiger partial charge is 0.497 e. The molecule has 0 radical (unpaired) electrons. The Kier molecular flexibility index (Phi) is 45.8. The number of alkyl halides is 1. The highest BCUT2D eigenvalue weighted by Crippen LogP contribution is 2.31. The summed E-state index contributed by atoms with van der Waals surface area (Å²) in [5.74, 6) is -2.89. The molecular weight excluding hydrogens is 1870 g/mol. The molecule has 0 aliphatic carbocycles. The third kappa shape index (κ3) is 38.0. The number of ketones is 3. The van der Waals surface area contributed by atoms with Crippen LogP contribution in [0.3, 0.4) is 0 Å². The lowest BCUT2D eigenvalue weighted by Gasteiger charge is -2.09. The average Bonchev–Trinajstić information content (AvgIpc) is 0.836. The fourth-order valence-corrected chi connectivity index (χ4v) is 14.5. The van der Waals surface area contributed by atoms with E-state index in [1.165, 1.54) is 13.8 Å². The number of carbonyl (C=O) groups is 9. The van der Waals surface area contributed by atoms with Crippen molar-refractivity contribution in [2.75, 3.05) is 12.4 Å². The molecule has 0 saturated carbocycles. The van der Waals surface area contributed by atoms with Gasteiger partial charge in [0.05, 0.1) is 53.8 Å². The molecule has 22 nitrogen and oxygen atoms in total. The summed E-state index contributed by atoms with van der Waals surface area (Å²) in [5.41, 5.74) is 9.21. The minimum atomic E-state index is -0.578. The third-order valence-corrected chi connectivity index (χ3v) is 22.3. The summed E-state index contributed by atoms with van der Waals surface area (Å²) in [4.78, 5) is 143. The Hall–Kier alpha value is -16.0. The van der Waals surface area contributed by atoms with E-state index in [2.05, 4.69) is 53.4 Å². The van der Waals surface area contributed by atoms with Crippen LogP contribution in [0.15, 0.2) is 473 Å². The Bertz CT molecular complexity index is 6480. The van der Waals surface area contributed by atoms with Gasteiger partial charge < -0.3 is 33.8 Å². The van der Waals surface area contributed by atoms with Crippen LogP contribution in [0.4, 0.5) is 0 Å². The van der Waals surface area contributed by atoms with Crippen LogP contribution in [0.1, 0.15) is 151 Å². The van der Waals surface area contributed by atoms with Gasteiger partial charge in [-0.05, 0) is 220 Å². The molecule has 14 rings (SSSR count). The number of benzene rings is 14. The fraction of sp³-hybridized carbons (Fsp3) is 0.106. The highest BCUT2D eigenvalue weighted by molar-refractivity contribution is 9.09. The van der Waals surface area contributed by atoms with Crippen molar-refractivity contribution in [3.8, 4) is 5.75 Å². The zero-order valence-electron chi connectivity index (χ0n) is 77.1. The number of hydrogen-bond donors (Lipinski definition) is 0. The number of hydrogen-bond acceptors (Lipinski definition) is 25. The minimum Gasteiger partial charge on any atom is -0.497 e. The molecule has 139 heavy (non-hydrogen) atoms. The minimum absolute atomic E-state index is 0.0919. The van der Waals surface area contributed by atoms with Gasteiger partial charge in [-0.2, -0.15) is 0 Å². The molecule has 0 unspecified atom stereocenters. The van der Waals surface area contributed by atoms with Crippen molar-refractivity contribution in [2.24, 2.45) is 36.9 Å². The molecule has 14 aromatic rings. The number of nitrogens with zero attached hydrogens (tertiary/aromatic N) is 6. The lowest BCUT2D eigenvalue weighted by molar-refractivity contribution is -0.144. The molecule has 26 heteroatoms. The zero-order valence-corrected chi connectivity index (χ0v) is 81.1. The summed E-state index contributed by atoms with van der Waals surface area (Å²) in [6.45, 7) is 13.9. The van der Waals surface area contributed by atoms with Crippen molar-refractivity contribution in [1.29, 1.82) is 0 Å². The van der Waals surface area contributed by atoms with Crippen molar-refractivity contribution < 1.29 is 76.9 Å². The van der Waals surface area contributed by atoms with Gasteiger partial charge >= 0.3 is 35.8 Å². The summed E-state index contributed by atoms with van der Waals surface area (Å²) < 4.78 is 5.08. The predicted octanol–water partition coefficient (Wildman–Crippen LogP) is 26.1. The summed E-state index contributed by atoms with van der Waals surface area (Å²) in [5, 5.41) is 23.5. The molecule has 702 valence electrons. The van der Waals surface area contributed by atoms with Crippen LogP contribution in [0.25, 0.3) is 0 Å². The Morgan fingerprint density at radius 3 is 0.892 bits per heavy atom. The first kappa shape index (κ1) is 107. The molecule has 0 aromatic heterocycles. The molecule has 0 spiro atoms. The first-order chi connectivity index (χ1) is 67.6. The van der Waals surface area contributed by atoms with Gasteiger partial charge in [-0.1, -0.05) is 333 Å². The van der Waals surface area contributed by atoms with Crippen molar-refractivity contribution in [3.63, 3.8) is 0 Å². The highest BCUT2D eigenvalue weighted by atomic mass is 79.9. The number of rotatable bonds is 33. The molecule has 0 bridgehead atoms. The Morgan fingerprint density at radius 1 is 0.295 bits per heavy atom. The Labute approximate surface area is 829 Å². The van der Waals surface area contributed by atoms with Crippen molar-refractivity contribution in [1.82, 2.24) is 0 Å². The molecule has 0 fully saturated rings. The van der Waals surface area contributed by atoms with Crippen LogP contribution in [-0.2, 0) is 43.4 Å². The van der Waals surface area contributed by atoms with Crippen molar-refractivity contribution in [2.45, 2.75) is 90.2 Å². The van der Waals surface area contributed by atoms with E-state index >= 15 is 0 Å². The first-order valence-electron chi connectivity index (χ1n) is 43.5. The van der Waals surface area contributed by atoms with E-state index in [-0.39, 0.29) is 53.2 Å². The second-order valence-electron chi connectivity index (χ2n) is 29.5. The second-order valence-corrected chi connectivity index (χ2v) is 33.8. The normalized spacial score (nSPS) is 11.1. The zero-order chi connectivity index (χ0) is 99.1. The maximum absolute atomic E-state index is 13.0. The monoisotopic (exact) mass is 1970 g/mol. The SMILES string of the molecule is C/C(=N\OC(=O)c1ccccc1)c1ccccc1.C=CCCC(=O)O/N=C(\C)C(=O)c1ccc(Sc2ccccc2)cc1.CC(=O)O/N=C(/C(=O)c1ccc(Sc2ccccc2)cc1)c1ccccc1.CC(C)/C(=N\OC(=O)c1ccccc1)c1ccccc1.COc1ccc(/C(C)=N/OC(=O)c2ccccc2)cc1.O=C(CCBr)O/N=C(/C(=O)c1ccc(Sc2ccccc2)cc1)c1ccccc1. The summed E-state index contributed by atoms with van der Waals surface area (Å²) in [6, 6.07) is 123. The number of allylic oxidation sites excluding steroid dienone is 1.